The third-order valence-electron chi connectivity index (χ3n) is 4.42. The van der Waals surface area contributed by atoms with E-state index in [0.29, 0.717) is 35.6 Å². The van der Waals surface area contributed by atoms with Crippen LogP contribution in [0.25, 0.3) is 0 Å². The predicted molar refractivity (Wildman–Crippen MR) is 123 cm³/mol. The fourth-order valence-corrected chi connectivity index (χ4v) is 4.51. The van der Waals surface area contributed by atoms with Gasteiger partial charge in [0.05, 0.1) is 5.69 Å². The van der Waals surface area contributed by atoms with E-state index in [1.54, 1.807) is 36.4 Å². The van der Waals surface area contributed by atoms with Crippen molar-refractivity contribution < 1.29 is 18.3 Å². The maximum Gasteiger partial charge on any atom is 0.191 e. The Kier molecular flexibility index (Phi) is 7.69. The summed E-state index contributed by atoms with van der Waals surface area (Å²) in [6.07, 6.45) is 1.74. The number of para-hydroxylation sites is 1. The lowest BCUT2D eigenvalue weighted by Gasteiger charge is -2.09. The summed E-state index contributed by atoms with van der Waals surface area (Å²) < 4.78 is 39.9. The van der Waals surface area contributed by atoms with Crippen molar-refractivity contribution in [1.29, 1.82) is 0 Å². The van der Waals surface area contributed by atoms with Crippen LogP contribution in [-0.2, 0) is 25.5 Å². The molecule has 4 aromatic rings. The minimum Gasteiger partial charge on any atom is -0.486 e. The zero-order chi connectivity index (χ0) is 23.0. The molecule has 6 nitrogen and oxygen atoms in total. The standard InChI is InChI=1S/C23H20F2N4O2S2/c1-2-11-29-21(12-31-20-6-4-3-5-19(20)25)27-28-23(29)33-15-17-14-32-22(26-17)13-30-18-9-7-16(24)8-10-18/h2-10,14H,1,11-13,15H2. The van der Waals surface area contributed by atoms with Gasteiger partial charge in [0.15, 0.2) is 22.5 Å². The van der Waals surface area contributed by atoms with E-state index < -0.39 is 5.82 Å². The summed E-state index contributed by atoms with van der Waals surface area (Å²) in [7, 11) is 0. The van der Waals surface area contributed by atoms with Gasteiger partial charge in [0.1, 0.15) is 29.8 Å². The largest absolute Gasteiger partial charge is 0.486 e. The van der Waals surface area contributed by atoms with Crippen LogP contribution in [0, 0.1) is 11.6 Å². The Labute approximate surface area is 197 Å². The van der Waals surface area contributed by atoms with Crippen LogP contribution in [0.15, 0.2) is 71.7 Å². The Hall–Kier alpha value is -3.24. The lowest BCUT2D eigenvalue weighted by Crippen LogP contribution is -2.08. The molecule has 2 aromatic heterocycles. The molecule has 0 unspecified atom stereocenters. The van der Waals surface area contributed by atoms with Gasteiger partial charge in [-0.15, -0.1) is 28.1 Å². The van der Waals surface area contributed by atoms with E-state index in [2.05, 4.69) is 21.8 Å². The molecular formula is C23H20F2N4O2S2. The number of rotatable bonds is 11. The highest BCUT2D eigenvalue weighted by Gasteiger charge is 2.14. The summed E-state index contributed by atoms with van der Waals surface area (Å²) >= 11 is 2.98. The number of thioether (sulfide) groups is 1. The van der Waals surface area contributed by atoms with Gasteiger partial charge in [-0.05, 0) is 36.4 Å². The van der Waals surface area contributed by atoms with E-state index >= 15 is 0 Å². The monoisotopic (exact) mass is 486 g/mol. The van der Waals surface area contributed by atoms with Crippen LogP contribution in [0.5, 0.6) is 11.5 Å². The number of benzene rings is 2. The van der Waals surface area contributed by atoms with Crippen LogP contribution in [0.2, 0.25) is 0 Å². The quantitative estimate of drug-likeness (QED) is 0.202. The average molecular weight is 487 g/mol. The molecule has 0 atom stereocenters. The van der Waals surface area contributed by atoms with Gasteiger partial charge < -0.3 is 9.47 Å². The molecule has 0 saturated carbocycles. The number of nitrogens with zero attached hydrogens (tertiary/aromatic N) is 4. The highest BCUT2D eigenvalue weighted by atomic mass is 32.2. The van der Waals surface area contributed by atoms with Gasteiger partial charge in [-0.2, -0.15) is 0 Å². The predicted octanol–water partition coefficient (Wildman–Crippen LogP) is 5.65. The molecule has 4 rings (SSSR count). The number of hydrogen-bond donors (Lipinski definition) is 0. The van der Waals surface area contributed by atoms with Crippen molar-refractivity contribution in [3.63, 3.8) is 0 Å². The highest BCUT2D eigenvalue weighted by molar-refractivity contribution is 7.98. The fourth-order valence-electron chi connectivity index (χ4n) is 2.84. The van der Waals surface area contributed by atoms with E-state index in [4.69, 9.17) is 9.47 Å². The van der Waals surface area contributed by atoms with Gasteiger partial charge in [-0.25, -0.2) is 13.8 Å². The van der Waals surface area contributed by atoms with Crippen LogP contribution in [-0.4, -0.2) is 19.7 Å². The molecule has 0 fully saturated rings. The molecule has 2 heterocycles. The van der Waals surface area contributed by atoms with Gasteiger partial charge in [0.2, 0.25) is 0 Å². The Morgan fingerprint density at radius 3 is 2.64 bits per heavy atom. The van der Waals surface area contributed by atoms with Gasteiger partial charge in [0, 0.05) is 17.7 Å². The molecule has 33 heavy (non-hydrogen) atoms. The summed E-state index contributed by atoms with van der Waals surface area (Å²) in [5, 5.41) is 11.9. The molecular weight excluding hydrogens is 466 g/mol. The summed E-state index contributed by atoms with van der Waals surface area (Å²) in [5.41, 5.74) is 0.889. The molecule has 2 aromatic carbocycles. The first-order valence-corrected chi connectivity index (χ1v) is 11.8. The molecule has 0 aliphatic carbocycles. The summed E-state index contributed by atoms with van der Waals surface area (Å²) in [5.74, 6) is 1.19. The molecule has 0 amide bonds. The number of allylic oxidation sites excluding steroid dienone is 1. The zero-order valence-corrected chi connectivity index (χ0v) is 19.1. The lowest BCUT2D eigenvalue weighted by molar-refractivity contribution is 0.275. The summed E-state index contributed by atoms with van der Waals surface area (Å²) in [6.45, 7) is 4.69. The van der Waals surface area contributed by atoms with Crippen LogP contribution < -0.4 is 9.47 Å². The molecule has 0 saturated heterocycles. The van der Waals surface area contributed by atoms with E-state index in [1.807, 2.05) is 9.95 Å². The second-order valence-electron chi connectivity index (χ2n) is 6.78. The molecule has 0 N–H and O–H groups in total. The molecule has 0 aliphatic heterocycles. The van der Waals surface area contributed by atoms with E-state index in [9.17, 15) is 8.78 Å². The molecule has 10 heteroatoms. The number of thiazole rings is 1. The first kappa shape index (κ1) is 22.9. The van der Waals surface area contributed by atoms with Gasteiger partial charge in [-0.3, -0.25) is 4.57 Å². The number of halogens is 2. The van der Waals surface area contributed by atoms with Crippen LogP contribution in [0.4, 0.5) is 8.78 Å². The lowest BCUT2D eigenvalue weighted by atomic mass is 10.3. The Morgan fingerprint density at radius 1 is 1.03 bits per heavy atom. The first-order chi connectivity index (χ1) is 16.1. The smallest absolute Gasteiger partial charge is 0.191 e. The number of ether oxygens (including phenoxy) is 2. The number of aromatic nitrogens is 4. The normalized spacial score (nSPS) is 10.8. The second kappa shape index (κ2) is 11.1. The molecule has 0 spiro atoms. The van der Waals surface area contributed by atoms with Crippen LogP contribution in [0.3, 0.4) is 0 Å². The molecule has 0 radical (unpaired) electrons. The Morgan fingerprint density at radius 2 is 1.85 bits per heavy atom. The third-order valence-corrected chi connectivity index (χ3v) is 6.29. The van der Waals surface area contributed by atoms with Gasteiger partial charge in [-0.1, -0.05) is 30.0 Å². The molecule has 0 aliphatic rings. The van der Waals surface area contributed by atoms with Crippen molar-refractivity contribution in [2.75, 3.05) is 0 Å². The second-order valence-corrected chi connectivity index (χ2v) is 8.67. The fraction of sp³-hybridized carbons (Fsp3) is 0.174. The van der Waals surface area contributed by atoms with E-state index in [-0.39, 0.29) is 18.2 Å². The van der Waals surface area contributed by atoms with Crippen molar-refractivity contribution >= 4 is 23.1 Å². The minimum absolute atomic E-state index is 0.0872. The van der Waals surface area contributed by atoms with Crippen LogP contribution >= 0.6 is 23.1 Å². The maximum absolute atomic E-state index is 13.8. The van der Waals surface area contributed by atoms with Crippen molar-refractivity contribution in [1.82, 2.24) is 19.7 Å². The summed E-state index contributed by atoms with van der Waals surface area (Å²) in [6, 6.07) is 12.1. The molecule has 0 bridgehead atoms. The SMILES string of the molecule is C=CCn1c(COc2ccccc2F)nnc1SCc1csc(COc2ccc(F)cc2)n1. The van der Waals surface area contributed by atoms with Crippen molar-refractivity contribution in [2.45, 2.75) is 30.7 Å². The van der Waals surface area contributed by atoms with Crippen molar-refractivity contribution in [3.05, 3.63) is 94.7 Å². The van der Waals surface area contributed by atoms with E-state index in [1.165, 1.54) is 41.3 Å². The zero-order valence-electron chi connectivity index (χ0n) is 17.5. The van der Waals surface area contributed by atoms with E-state index in [0.717, 1.165) is 10.7 Å². The maximum atomic E-state index is 13.8. The van der Waals surface area contributed by atoms with Crippen molar-refractivity contribution in [3.8, 4) is 11.5 Å². The average Bonchev–Trinajstić information content (AvgIpc) is 3.44. The topological polar surface area (TPSA) is 62.1 Å². The minimum atomic E-state index is -0.426. The molecule has 170 valence electrons. The van der Waals surface area contributed by atoms with Gasteiger partial charge in [0.25, 0.3) is 0 Å². The van der Waals surface area contributed by atoms with Gasteiger partial charge >= 0.3 is 0 Å². The van der Waals surface area contributed by atoms with Crippen LogP contribution in [0.1, 0.15) is 16.5 Å². The Balaban J connectivity index is 1.34. The first-order valence-electron chi connectivity index (χ1n) is 9.97. The van der Waals surface area contributed by atoms with Crippen molar-refractivity contribution in [2.24, 2.45) is 0 Å². The number of hydrogen-bond acceptors (Lipinski definition) is 7. The highest BCUT2D eigenvalue weighted by Crippen LogP contribution is 2.25. The third kappa shape index (κ3) is 6.17. The summed E-state index contributed by atoms with van der Waals surface area (Å²) in [4.78, 5) is 4.58. The Bertz CT molecular complexity index is 1210.